The summed E-state index contributed by atoms with van der Waals surface area (Å²) in [4.78, 5) is 0. The third kappa shape index (κ3) is 5.40. The highest BCUT2D eigenvalue weighted by atomic mass is 19.4. The first-order valence-corrected chi connectivity index (χ1v) is 10.9. The van der Waals surface area contributed by atoms with Gasteiger partial charge < -0.3 is 0 Å². The van der Waals surface area contributed by atoms with Crippen LogP contribution in [0.4, 0.5) is 39.5 Å². The fourth-order valence-corrected chi connectivity index (χ4v) is 5.25. The van der Waals surface area contributed by atoms with Gasteiger partial charge in [0.05, 0.1) is 0 Å². The first-order chi connectivity index (χ1) is 13.7. The first kappa shape index (κ1) is 25.6. The molecule has 2 saturated carbocycles. The highest BCUT2D eigenvalue weighted by Gasteiger charge is 2.81. The summed E-state index contributed by atoms with van der Waals surface area (Å²) in [5.74, 6) is -17.2. The highest BCUT2D eigenvalue weighted by Crippen LogP contribution is 2.55. The maximum Gasteiger partial charge on any atom is 0.460 e. The second-order valence-electron chi connectivity index (χ2n) is 9.24. The molecule has 0 aromatic rings. The summed E-state index contributed by atoms with van der Waals surface area (Å²) in [6, 6.07) is 0. The van der Waals surface area contributed by atoms with Crippen LogP contribution in [0.5, 0.6) is 0 Å². The molecule has 0 aromatic heterocycles. The molecule has 2 fully saturated rings. The second kappa shape index (κ2) is 9.47. The van der Waals surface area contributed by atoms with Gasteiger partial charge in [0.2, 0.25) is 0 Å². The zero-order valence-corrected chi connectivity index (χ0v) is 17.2. The van der Waals surface area contributed by atoms with Crippen molar-refractivity contribution in [3.05, 3.63) is 0 Å². The SMILES string of the molecule is CCC[C@H]1CC[C@H]([C@H]2CC[C@H](CCC(F)(F)C(F)(F)C(F)(F)C(F)(F)F)CC2)CC1. The normalized spacial score (nSPS) is 29.8. The molecule has 0 spiro atoms. The molecule has 0 heterocycles. The summed E-state index contributed by atoms with van der Waals surface area (Å²) in [6.07, 6.45) is 0.735. The average Bonchev–Trinajstić information content (AvgIpc) is 2.66. The summed E-state index contributed by atoms with van der Waals surface area (Å²) < 4.78 is 117. The first-order valence-electron chi connectivity index (χ1n) is 10.9. The molecule has 0 aliphatic heterocycles. The number of halogens is 9. The van der Waals surface area contributed by atoms with Gasteiger partial charge in [-0.05, 0) is 55.8 Å². The molecule has 0 aromatic carbocycles. The van der Waals surface area contributed by atoms with E-state index in [0.717, 1.165) is 31.6 Å². The maximum atomic E-state index is 13.7. The van der Waals surface area contributed by atoms with Crippen molar-refractivity contribution < 1.29 is 39.5 Å². The number of alkyl halides is 9. The lowest BCUT2D eigenvalue weighted by Crippen LogP contribution is -2.60. The Bertz CT molecular complexity index is 525. The van der Waals surface area contributed by atoms with E-state index in [1.165, 1.54) is 25.7 Å². The number of hydrogen-bond acceptors (Lipinski definition) is 0. The molecule has 2 rings (SSSR count). The van der Waals surface area contributed by atoms with Gasteiger partial charge in [-0.1, -0.05) is 45.4 Å². The van der Waals surface area contributed by atoms with Gasteiger partial charge in [0.15, 0.2) is 0 Å². The lowest BCUT2D eigenvalue weighted by molar-refractivity contribution is -0.397. The molecule has 9 heteroatoms. The van der Waals surface area contributed by atoms with Gasteiger partial charge in [-0.15, -0.1) is 0 Å². The van der Waals surface area contributed by atoms with Crippen LogP contribution < -0.4 is 0 Å². The predicted molar refractivity (Wildman–Crippen MR) is 95.9 cm³/mol. The van der Waals surface area contributed by atoms with Gasteiger partial charge in [-0.3, -0.25) is 0 Å². The minimum absolute atomic E-state index is 0.348. The van der Waals surface area contributed by atoms with Crippen molar-refractivity contribution in [1.29, 1.82) is 0 Å². The minimum Gasteiger partial charge on any atom is -0.200 e. The van der Waals surface area contributed by atoms with Crippen LogP contribution >= 0.6 is 0 Å². The van der Waals surface area contributed by atoms with Crippen molar-refractivity contribution in [2.24, 2.45) is 23.7 Å². The molecular formula is C21H31F9. The van der Waals surface area contributed by atoms with E-state index in [2.05, 4.69) is 6.92 Å². The maximum absolute atomic E-state index is 13.7. The Hall–Kier alpha value is -0.630. The summed E-state index contributed by atoms with van der Waals surface area (Å²) in [6.45, 7) is 2.16. The standard InChI is InChI=1S/C21H31F9/c1-2-3-14-4-8-16(9-5-14)17-10-6-15(7-11-17)12-13-18(22,23)19(24,25)20(26,27)21(28,29)30/h14-17H,2-13H2,1H3/t14-,15-,16-,17-. The monoisotopic (exact) mass is 454 g/mol. The summed E-state index contributed by atoms with van der Waals surface area (Å²) in [7, 11) is 0. The Morgan fingerprint density at radius 2 is 0.967 bits per heavy atom. The van der Waals surface area contributed by atoms with Crippen molar-refractivity contribution in [1.82, 2.24) is 0 Å². The van der Waals surface area contributed by atoms with Crippen molar-refractivity contribution in [2.75, 3.05) is 0 Å². The Morgan fingerprint density at radius 3 is 1.33 bits per heavy atom. The zero-order chi connectivity index (χ0) is 22.8. The van der Waals surface area contributed by atoms with E-state index < -0.39 is 36.8 Å². The van der Waals surface area contributed by atoms with Crippen LogP contribution in [0.25, 0.3) is 0 Å². The molecule has 0 N–H and O–H groups in total. The lowest BCUT2D eigenvalue weighted by Gasteiger charge is -2.38. The van der Waals surface area contributed by atoms with E-state index in [0.29, 0.717) is 24.7 Å². The summed E-state index contributed by atoms with van der Waals surface area (Å²) in [5.41, 5.74) is 0. The molecule has 0 unspecified atom stereocenters. The third-order valence-electron chi connectivity index (χ3n) is 7.22. The minimum atomic E-state index is -6.78. The van der Waals surface area contributed by atoms with Gasteiger partial charge in [-0.25, -0.2) is 0 Å². The third-order valence-corrected chi connectivity index (χ3v) is 7.22. The molecule has 0 radical (unpaired) electrons. The molecule has 0 saturated heterocycles. The van der Waals surface area contributed by atoms with Crippen molar-refractivity contribution in [2.45, 2.75) is 108 Å². The molecule has 2 aliphatic rings. The molecule has 0 amide bonds. The van der Waals surface area contributed by atoms with E-state index in [1.807, 2.05) is 0 Å². The molecule has 0 nitrogen and oxygen atoms in total. The van der Waals surface area contributed by atoms with Crippen molar-refractivity contribution in [3.8, 4) is 0 Å². The molecule has 178 valence electrons. The van der Waals surface area contributed by atoms with Crippen LogP contribution in [0, 0.1) is 23.7 Å². The highest BCUT2D eigenvalue weighted by molar-refractivity contribution is 5.00. The average molecular weight is 454 g/mol. The molecular weight excluding hydrogens is 423 g/mol. The Morgan fingerprint density at radius 1 is 0.567 bits per heavy atom. The van der Waals surface area contributed by atoms with Gasteiger partial charge in [0, 0.05) is 6.42 Å². The molecule has 30 heavy (non-hydrogen) atoms. The Labute approximate surface area is 172 Å². The van der Waals surface area contributed by atoms with E-state index >= 15 is 0 Å². The smallest absolute Gasteiger partial charge is 0.200 e. The predicted octanol–water partition coefficient (Wildman–Crippen LogP) is 8.65. The van der Waals surface area contributed by atoms with Gasteiger partial charge in [-0.2, -0.15) is 39.5 Å². The lowest BCUT2D eigenvalue weighted by atomic mass is 9.68. The van der Waals surface area contributed by atoms with Gasteiger partial charge in [0.25, 0.3) is 0 Å². The van der Waals surface area contributed by atoms with Crippen LogP contribution in [-0.2, 0) is 0 Å². The fraction of sp³-hybridized carbons (Fsp3) is 1.00. The second-order valence-corrected chi connectivity index (χ2v) is 9.24. The van der Waals surface area contributed by atoms with Crippen molar-refractivity contribution >= 4 is 0 Å². The van der Waals surface area contributed by atoms with Crippen LogP contribution in [0.3, 0.4) is 0 Å². The molecule has 0 bridgehead atoms. The molecule has 0 atom stereocenters. The van der Waals surface area contributed by atoms with Crippen molar-refractivity contribution in [3.63, 3.8) is 0 Å². The topological polar surface area (TPSA) is 0 Å². The number of hydrogen-bond donors (Lipinski definition) is 0. The van der Waals surface area contributed by atoms with E-state index in [-0.39, 0.29) is 5.92 Å². The Kier molecular flexibility index (Phi) is 8.09. The summed E-state index contributed by atoms with van der Waals surface area (Å²) >= 11 is 0. The van der Waals surface area contributed by atoms with E-state index in [1.54, 1.807) is 0 Å². The van der Waals surface area contributed by atoms with Crippen LogP contribution in [0.2, 0.25) is 0 Å². The van der Waals surface area contributed by atoms with Gasteiger partial charge in [0.1, 0.15) is 0 Å². The van der Waals surface area contributed by atoms with Gasteiger partial charge >= 0.3 is 23.9 Å². The van der Waals surface area contributed by atoms with Crippen LogP contribution in [-0.4, -0.2) is 23.9 Å². The van der Waals surface area contributed by atoms with E-state index in [4.69, 9.17) is 0 Å². The largest absolute Gasteiger partial charge is 0.460 e. The zero-order valence-electron chi connectivity index (χ0n) is 17.2. The molecule has 2 aliphatic carbocycles. The Balaban J connectivity index is 1.82. The summed E-state index contributed by atoms with van der Waals surface area (Å²) in [5, 5.41) is 0. The van der Waals surface area contributed by atoms with Crippen LogP contribution in [0.15, 0.2) is 0 Å². The quantitative estimate of drug-likeness (QED) is 0.322. The van der Waals surface area contributed by atoms with Crippen LogP contribution in [0.1, 0.15) is 84.0 Å². The van der Waals surface area contributed by atoms with E-state index in [9.17, 15) is 39.5 Å². The fourth-order valence-electron chi connectivity index (χ4n) is 5.25. The number of rotatable bonds is 8.